The van der Waals surface area contributed by atoms with Crippen LogP contribution >= 0.6 is 0 Å². The van der Waals surface area contributed by atoms with Crippen LogP contribution in [0.15, 0.2) is 36.4 Å². The van der Waals surface area contributed by atoms with Crippen LogP contribution in [-0.4, -0.2) is 32.0 Å². The molecule has 0 spiro atoms. The molecule has 8 heteroatoms. The molecule has 0 aliphatic carbocycles. The summed E-state index contributed by atoms with van der Waals surface area (Å²) in [6, 6.07) is 11.3. The number of alkyl halides is 2. The summed E-state index contributed by atoms with van der Waals surface area (Å²) in [4.78, 5) is 8.61. The highest BCUT2D eigenvalue weighted by Crippen LogP contribution is 2.19. The van der Waals surface area contributed by atoms with Gasteiger partial charge < -0.3 is 11.1 Å². The molecule has 0 amide bonds. The van der Waals surface area contributed by atoms with Gasteiger partial charge in [-0.1, -0.05) is 30.3 Å². The SMILES string of the molecule is CC(F)(F)CNCc1nc2cc(-c3ccccc3)nc(N)n2n1. The van der Waals surface area contributed by atoms with Crippen molar-refractivity contribution in [2.75, 3.05) is 12.3 Å². The second-order valence-electron chi connectivity index (χ2n) is 5.34. The fourth-order valence-corrected chi connectivity index (χ4v) is 2.18. The van der Waals surface area contributed by atoms with E-state index in [-0.39, 0.29) is 12.5 Å². The smallest absolute Gasteiger partial charge is 0.257 e. The van der Waals surface area contributed by atoms with E-state index >= 15 is 0 Å². The molecule has 0 fully saturated rings. The second kappa shape index (κ2) is 5.88. The van der Waals surface area contributed by atoms with Gasteiger partial charge in [0, 0.05) is 18.6 Å². The van der Waals surface area contributed by atoms with Crippen molar-refractivity contribution < 1.29 is 8.78 Å². The van der Waals surface area contributed by atoms with Crippen molar-refractivity contribution in [1.29, 1.82) is 0 Å². The van der Waals surface area contributed by atoms with Crippen LogP contribution in [0.25, 0.3) is 16.9 Å². The number of nitrogens with zero attached hydrogens (tertiary/aromatic N) is 4. The number of hydrogen-bond acceptors (Lipinski definition) is 5. The van der Waals surface area contributed by atoms with Gasteiger partial charge in [-0.25, -0.2) is 18.7 Å². The van der Waals surface area contributed by atoms with Gasteiger partial charge in [0.15, 0.2) is 11.5 Å². The van der Waals surface area contributed by atoms with Gasteiger partial charge in [-0.15, -0.1) is 5.10 Å². The summed E-state index contributed by atoms with van der Waals surface area (Å²) in [5.74, 6) is -2.20. The minimum atomic E-state index is -2.78. The van der Waals surface area contributed by atoms with E-state index in [1.165, 1.54) is 4.52 Å². The molecule has 3 N–H and O–H groups in total. The number of halogens is 2. The Hall–Kier alpha value is -2.61. The van der Waals surface area contributed by atoms with Crippen molar-refractivity contribution >= 4 is 11.6 Å². The Labute approximate surface area is 131 Å². The number of rotatable bonds is 5. The Morgan fingerprint density at radius 2 is 1.96 bits per heavy atom. The molecule has 0 unspecified atom stereocenters. The monoisotopic (exact) mass is 318 g/mol. The molecule has 2 aromatic heterocycles. The average Bonchev–Trinajstić information content (AvgIpc) is 2.90. The predicted octanol–water partition coefficient (Wildman–Crippen LogP) is 2.12. The van der Waals surface area contributed by atoms with E-state index in [1.54, 1.807) is 6.07 Å². The maximum atomic E-state index is 12.8. The molecule has 120 valence electrons. The summed E-state index contributed by atoms with van der Waals surface area (Å²) in [6.45, 7) is 0.544. The number of benzene rings is 1. The third-order valence-electron chi connectivity index (χ3n) is 3.18. The van der Waals surface area contributed by atoms with Gasteiger partial charge in [-0.05, 0) is 0 Å². The van der Waals surface area contributed by atoms with Gasteiger partial charge in [0.25, 0.3) is 5.92 Å². The topological polar surface area (TPSA) is 81.1 Å². The van der Waals surface area contributed by atoms with Crippen molar-refractivity contribution in [3.63, 3.8) is 0 Å². The molecular weight excluding hydrogens is 302 g/mol. The van der Waals surface area contributed by atoms with Crippen molar-refractivity contribution in [1.82, 2.24) is 24.9 Å². The lowest BCUT2D eigenvalue weighted by Crippen LogP contribution is -2.29. The summed E-state index contributed by atoms with van der Waals surface area (Å²) < 4.78 is 27.0. The number of hydrogen-bond donors (Lipinski definition) is 2. The summed E-state index contributed by atoms with van der Waals surface area (Å²) >= 11 is 0. The molecule has 23 heavy (non-hydrogen) atoms. The first-order valence-corrected chi connectivity index (χ1v) is 7.08. The largest absolute Gasteiger partial charge is 0.368 e. The van der Waals surface area contributed by atoms with Gasteiger partial charge in [0.2, 0.25) is 5.95 Å². The van der Waals surface area contributed by atoms with Crippen molar-refractivity contribution in [2.45, 2.75) is 19.4 Å². The predicted molar refractivity (Wildman–Crippen MR) is 83.0 cm³/mol. The first kappa shape index (κ1) is 15.3. The van der Waals surface area contributed by atoms with Gasteiger partial charge in [-0.2, -0.15) is 4.52 Å². The number of aromatic nitrogens is 4. The van der Waals surface area contributed by atoms with Crippen molar-refractivity contribution in [2.24, 2.45) is 0 Å². The van der Waals surface area contributed by atoms with Gasteiger partial charge >= 0.3 is 0 Å². The van der Waals surface area contributed by atoms with Gasteiger partial charge in [0.1, 0.15) is 0 Å². The fourth-order valence-electron chi connectivity index (χ4n) is 2.18. The van der Waals surface area contributed by atoms with E-state index in [1.807, 2.05) is 30.3 Å². The normalized spacial score (nSPS) is 12.0. The fraction of sp³-hybridized carbons (Fsp3) is 0.267. The number of nitrogens with one attached hydrogen (secondary N) is 1. The zero-order valence-corrected chi connectivity index (χ0v) is 12.5. The first-order chi connectivity index (χ1) is 10.9. The van der Waals surface area contributed by atoms with Crippen LogP contribution in [0.3, 0.4) is 0 Å². The molecule has 0 bridgehead atoms. The Morgan fingerprint density at radius 3 is 2.65 bits per heavy atom. The quantitative estimate of drug-likeness (QED) is 0.753. The molecule has 6 nitrogen and oxygen atoms in total. The third-order valence-corrected chi connectivity index (χ3v) is 3.18. The van der Waals surface area contributed by atoms with Crippen LogP contribution in [0.4, 0.5) is 14.7 Å². The first-order valence-electron chi connectivity index (χ1n) is 7.08. The highest BCUT2D eigenvalue weighted by atomic mass is 19.3. The van der Waals surface area contributed by atoms with E-state index in [9.17, 15) is 8.78 Å². The molecule has 0 saturated heterocycles. The van der Waals surface area contributed by atoms with E-state index in [2.05, 4.69) is 20.4 Å². The molecule has 3 rings (SSSR count). The third kappa shape index (κ3) is 3.59. The van der Waals surface area contributed by atoms with E-state index < -0.39 is 12.5 Å². The zero-order valence-electron chi connectivity index (χ0n) is 12.5. The number of nitrogen functional groups attached to an aromatic ring is 1. The summed E-state index contributed by atoms with van der Waals surface area (Å²) in [5, 5.41) is 6.80. The Balaban J connectivity index is 1.86. The molecule has 0 radical (unpaired) electrons. The van der Waals surface area contributed by atoms with Crippen LogP contribution in [0.1, 0.15) is 12.7 Å². The molecular formula is C15H16F2N6. The minimum Gasteiger partial charge on any atom is -0.368 e. The molecule has 0 aliphatic rings. The number of nitrogens with two attached hydrogens (primary N) is 1. The highest BCUT2D eigenvalue weighted by Gasteiger charge is 2.20. The summed E-state index contributed by atoms with van der Waals surface area (Å²) in [7, 11) is 0. The molecule has 1 aromatic carbocycles. The molecule has 2 heterocycles. The summed E-state index contributed by atoms with van der Waals surface area (Å²) in [5.41, 5.74) is 8.03. The van der Waals surface area contributed by atoms with Gasteiger partial charge in [0.05, 0.1) is 18.8 Å². The molecule has 0 saturated carbocycles. The second-order valence-corrected chi connectivity index (χ2v) is 5.34. The lowest BCUT2D eigenvalue weighted by molar-refractivity contribution is 0.0223. The zero-order chi connectivity index (χ0) is 16.4. The van der Waals surface area contributed by atoms with Crippen LogP contribution in [0.2, 0.25) is 0 Å². The Morgan fingerprint density at radius 1 is 1.22 bits per heavy atom. The van der Waals surface area contributed by atoms with Crippen molar-refractivity contribution in [3.8, 4) is 11.3 Å². The molecule has 0 atom stereocenters. The summed E-state index contributed by atoms with van der Waals surface area (Å²) in [6.07, 6.45) is 0. The van der Waals surface area contributed by atoms with Crippen LogP contribution in [0, 0.1) is 0 Å². The van der Waals surface area contributed by atoms with Crippen LogP contribution in [-0.2, 0) is 6.54 Å². The van der Waals surface area contributed by atoms with Crippen LogP contribution in [0.5, 0.6) is 0 Å². The Kier molecular flexibility index (Phi) is 3.91. The maximum absolute atomic E-state index is 12.8. The maximum Gasteiger partial charge on any atom is 0.257 e. The van der Waals surface area contributed by atoms with Gasteiger partial charge in [-0.3, -0.25) is 0 Å². The highest BCUT2D eigenvalue weighted by molar-refractivity contribution is 5.65. The standard InChI is InChI=1S/C15H16F2N6/c1-15(16,17)9-19-8-12-21-13-7-11(10-5-3-2-4-6-10)20-14(18)23(13)22-12/h2-7,19H,8-9H2,1H3,(H2,18,20). The van der Waals surface area contributed by atoms with E-state index in [4.69, 9.17) is 5.73 Å². The number of fused-ring (bicyclic) bond motifs is 1. The van der Waals surface area contributed by atoms with E-state index in [0.29, 0.717) is 17.2 Å². The average molecular weight is 318 g/mol. The Bertz CT molecular complexity index is 810. The molecule has 3 aromatic rings. The number of anilines is 1. The van der Waals surface area contributed by atoms with Crippen LogP contribution < -0.4 is 11.1 Å². The minimum absolute atomic E-state index is 0.130. The molecule has 0 aliphatic heterocycles. The lowest BCUT2D eigenvalue weighted by Gasteiger charge is -2.09. The van der Waals surface area contributed by atoms with Crippen molar-refractivity contribution in [3.05, 3.63) is 42.2 Å². The lowest BCUT2D eigenvalue weighted by atomic mass is 10.1. The van der Waals surface area contributed by atoms with E-state index in [0.717, 1.165) is 12.5 Å².